The van der Waals surface area contributed by atoms with E-state index in [4.69, 9.17) is 0 Å². The highest BCUT2D eigenvalue weighted by Gasteiger charge is 1.97. The van der Waals surface area contributed by atoms with Crippen molar-refractivity contribution in [3.8, 4) is 0 Å². The van der Waals surface area contributed by atoms with E-state index in [1.165, 1.54) is 11.8 Å². The molecule has 0 aliphatic rings. The Hall–Kier alpha value is -0.500. The van der Waals surface area contributed by atoms with Gasteiger partial charge in [0.2, 0.25) is 0 Å². The fraction of sp³-hybridized carbons (Fsp3) is 0.250. The summed E-state index contributed by atoms with van der Waals surface area (Å²) in [6.07, 6.45) is 0. The van der Waals surface area contributed by atoms with E-state index in [2.05, 4.69) is 6.07 Å². The average molecular weight is 155 g/mol. The van der Waals surface area contributed by atoms with Gasteiger partial charge in [-0.2, -0.15) is 0 Å². The van der Waals surface area contributed by atoms with Crippen molar-refractivity contribution in [1.82, 2.24) is 0 Å². The fourth-order valence-corrected chi connectivity index (χ4v) is 1.34. The van der Waals surface area contributed by atoms with Crippen molar-refractivity contribution in [2.45, 2.75) is 11.8 Å². The first kappa shape index (κ1) is 7.61. The van der Waals surface area contributed by atoms with Crippen molar-refractivity contribution in [2.75, 3.05) is 5.75 Å². The number of hydrogen-bond acceptors (Lipinski definition) is 1. The van der Waals surface area contributed by atoms with Gasteiger partial charge in [0.25, 0.3) is 0 Å². The maximum absolute atomic E-state index is 12.7. The maximum Gasteiger partial charge on any atom is 0.144 e. The van der Waals surface area contributed by atoms with E-state index in [9.17, 15) is 4.39 Å². The number of rotatable bonds is 2. The summed E-state index contributed by atoms with van der Waals surface area (Å²) in [4.78, 5) is 0.685. The summed E-state index contributed by atoms with van der Waals surface area (Å²) >= 11 is 1.50. The van der Waals surface area contributed by atoms with E-state index in [0.29, 0.717) is 4.90 Å². The topological polar surface area (TPSA) is 0 Å². The third-order valence-corrected chi connectivity index (χ3v) is 1.99. The molecule has 1 aromatic rings. The predicted molar refractivity (Wildman–Crippen MR) is 41.6 cm³/mol. The highest BCUT2D eigenvalue weighted by atomic mass is 32.2. The summed E-state index contributed by atoms with van der Waals surface area (Å²) in [5, 5.41) is 0. The van der Waals surface area contributed by atoms with Crippen LogP contribution in [-0.4, -0.2) is 5.75 Å². The van der Waals surface area contributed by atoms with Crippen LogP contribution in [0.2, 0.25) is 0 Å². The number of benzene rings is 1. The molecule has 0 amide bonds. The van der Waals surface area contributed by atoms with Crippen LogP contribution in [0.4, 0.5) is 4.39 Å². The zero-order valence-corrected chi connectivity index (χ0v) is 6.54. The van der Waals surface area contributed by atoms with Crippen LogP contribution in [0.15, 0.2) is 23.1 Å². The molecule has 1 rings (SSSR count). The summed E-state index contributed by atoms with van der Waals surface area (Å²) in [7, 11) is 0. The van der Waals surface area contributed by atoms with Gasteiger partial charge in [-0.25, -0.2) is 4.39 Å². The van der Waals surface area contributed by atoms with Crippen LogP contribution in [-0.2, 0) is 0 Å². The van der Waals surface area contributed by atoms with Gasteiger partial charge in [0.05, 0.1) is 0 Å². The molecule has 0 aliphatic carbocycles. The predicted octanol–water partition coefficient (Wildman–Crippen LogP) is 2.74. The van der Waals surface area contributed by atoms with Gasteiger partial charge in [-0.15, -0.1) is 11.8 Å². The Labute approximate surface area is 64.4 Å². The van der Waals surface area contributed by atoms with Gasteiger partial charge >= 0.3 is 0 Å². The van der Waals surface area contributed by atoms with Crippen LogP contribution >= 0.6 is 11.8 Å². The van der Waals surface area contributed by atoms with E-state index in [1.54, 1.807) is 18.2 Å². The number of thioether (sulfide) groups is 1. The van der Waals surface area contributed by atoms with E-state index in [-0.39, 0.29) is 5.82 Å². The molecule has 0 bridgehead atoms. The molecule has 10 heavy (non-hydrogen) atoms. The molecule has 0 unspecified atom stereocenters. The lowest BCUT2D eigenvalue weighted by Crippen LogP contribution is -1.79. The van der Waals surface area contributed by atoms with Crippen molar-refractivity contribution in [2.24, 2.45) is 0 Å². The Morgan fingerprint density at radius 2 is 2.50 bits per heavy atom. The Bertz CT molecular complexity index is 210. The molecule has 0 aliphatic heterocycles. The molecule has 0 aromatic heterocycles. The highest BCUT2D eigenvalue weighted by Crippen LogP contribution is 2.19. The molecule has 0 N–H and O–H groups in total. The van der Waals surface area contributed by atoms with Gasteiger partial charge in [-0.3, -0.25) is 0 Å². The standard InChI is InChI=1S/C8H8FS/c1-2-10-8-6-4-3-5-7(8)9/h3-4,6H,2H2,1H3. The normalized spacial score (nSPS) is 9.80. The van der Waals surface area contributed by atoms with Gasteiger partial charge in [0.15, 0.2) is 0 Å². The molecule has 0 saturated heterocycles. The third-order valence-electron chi connectivity index (χ3n) is 1.07. The number of halogens is 1. The molecule has 1 aromatic carbocycles. The maximum atomic E-state index is 12.7. The quantitative estimate of drug-likeness (QED) is 0.592. The fourth-order valence-electron chi connectivity index (χ4n) is 0.668. The van der Waals surface area contributed by atoms with Gasteiger partial charge in [0, 0.05) is 11.0 Å². The summed E-state index contributed by atoms with van der Waals surface area (Å²) in [5.41, 5.74) is 0. The highest BCUT2D eigenvalue weighted by molar-refractivity contribution is 7.99. The lowest BCUT2D eigenvalue weighted by molar-refractivity contribution is 0.599. The second kappa shape index (κ2) is 3.62. The van der Waals surface area contributed by atoms with Crippen LogP contribution < -0.4 is 0 Å². The van der Waals surface area contributed by atoms with Crippen molar-refractivity contribution in [3.05, 3.63) is 30.1 Å². The van der Waals surface area contributed by atoms with Gasteiger partial charge < -0.3 is 0 Å². The molecule has 53 valence electrons. The zero-order chi connectivity index (χ0) is 7.40. The summed E-state index contributed by atoms with van der Waals surface area (Å²) in [6.45, 7) is 2.00. The second-order valence-corrected chi connectivity index (χ2v) is 3.09. The largest absolute Gasteiger partial charge is 0.205 e. The smallest absolute Gasteiger partial charge is 0.144 e. The summed E-state index contributed by atoms with van der Waals surface area (Å²) in [5.74, 6) is 0.656. The first-order valence-electron chi connectivity index (χ1n) is 3.13. The monoisotopic (exact) mass is 155 g/mol. The average Bonchev–Trinajstić information content (AvgIpc) is 1.94. The van der Waals surface area contributed by atoms with E-state index in [0.717, 1.165) is 5.75 Å². The molecule has 0 heterocycles. The number of hydrogen-bond donors (Lipinski definition) is 0. The van der Waals surface area contributed by atoms with Crippen LogP contribution in [0, 0.1) is 11.9 Å². The Morgan fingerprint density at radius 1 is 1.70 bits per heavy atom. The van der Waals surface area contributed by atoms with E-state index >= 15 is 0 Å². The molecule has 0 fully saturated rings. The molecule has 0 spiro atoms. The van der Waals surface area contributed by atoms with E-state index < -0.39 is 0 Å². The molecule has 0 nitrogen and oxygen atoms in total. The zero-order valence-electron chi connectivity index (χ0n) is 5.73. The lowest BCUT2D eigenvalue weighted by Gasteiger charge is -1.96. The minimum Gasteiger partial charge on any atom is -0.205 e. The van der Waals surface area contributed by atoms with Gasteiger partial charge in [0.1, 0.15) is 5.82 Å². The lowest BCUT2D eigenvalue weighted by atomic mass is 10.3. The van der Waals surface area contributed by atoms with Gasteiger partial charge in [-0.05, 0) is 11.8 Å². The molecular formula is C8H8FS. The molecule has 1 radical (unpaired) electrons. The van der Waals surface area contributed by atoms with Crippen molar-refractivity contribution >= 4 is 11.8 Å². The first-order valence-corrected chi connectivity index (χ1v) is 4.12. The van der Waals surface area contributed by atoms with Crippen molar-refractivity contribution in [3.63, 3.8) is 0 Å². The molecule has 0 atom stereocenters. The van der Waals surface area contributed by atoms with Crippen molar-refractivity contribution in [1.29, 1.82) is 0 Å². The summed E-state index contributed by atoms with van der Waals surface area (Å²) in [6, 6.07) is 7.63. The van der Waals surface area contributed by atoms with Gasteiger partial charge in [-0.1, -0.05) is 19.1 Å². The Morgan fingerprint density at radius 3 is 3.10 bits per heavy atom. The summed E-state index contributed by atoms with van der Waals surface area (Å²) < 4.78 is 12.7. The second-order valence-electron chi connectivity index (χ2n) is 1.78. The van der Waals surface area contributed by atoms with E-state index in [1.807, 2.05) is 6.92 Å². The third kappa shape index (κ3) is 1.74. The van der Waals surface area contributed by atoms with Crippen LogP contribution in [0.25, 0.3) is 0 Å². The minimum atomic E-state index is -0.241. The van der Waals surface area contributed by atoms with Crippen molar-refractivity contribution < 1.29 is 4.39 Å². The SMILES string of the molecule is CCSc1ccc[c]c1F. The van der Waals surface area contributed by atoms with Crippen LogP contribution in [0.5, 0.6) is 0 Å². The Balaban J connectivity index is 2.81. The first-order chi connectivity index (χ1) is 4.84. The Kier molecular flexibility index (Phi) is 2.75. The minimum absolute atomic E-state index is 0.241. The van der Waals surface area contributed by atoms with Crippen LogP contribution in [0.3, 0.4) is 0 Å². The molecule has 2 heteroatoms. The molecular weight excluding hydrogens is 147 g/mol. The molecule has 0 saturated carbocycles. The van der Waals surface area contributed by atoms with Crippen LogP contribution in [0.1, 0.15) is 6.92 Å².